The number of nitrogens with zero attached hydrogens (tertiary/aromatic N) is 1. The summed E-state index contributed by atoms with van der Waals surface area (Å²) in [4.78, 5) is 13.9. The van der Waals surface area contributed by atoms with E-state index in [0.29, 0.717) is 6.10 Å². The molecule has 2 fully saturated rings. The smallest absolute Gasteiger partial charge is 0.308 e. The molecular weight excluding hydrogens is 230 g/mol. The van der Waals surface area contributed by atoms with Crippen molar-refractivity contribution in [1.29, 1.82) is 0 Å². The Bertz CT molecular complexity index is 256. The zero-order valence-electron chi connectivity index (χ0n) is 11.4. The minimum Gasteiger partial charge on any atom is -0.469 e. The van der Waals surface area contributed by atoms with Gasteiger partial charge < -0.3 is 14.4 Å². The van der Waals surface area contributed by atoms with Crippen LogP contribution in [0.2, 0.25) is 0 Å². The zero-order valence-corrected chi connectivity index (χ0v) is 11.4. The quantitative estimate of drug-likeness (QED) is 0.703. The van der Waals surface area contributed by atoms with Crippen molar-refractivity contribution in [1.82, 2.24) is 4.90 Å². The lowest BCUT2D eigenvalue weighted by atomic mass is 9.87. The molecule has 0 spiro atoms. The first-order valence-electron chi connectivity index (χ1n) is 7.21. The maximum Gasteiger partial charge on any atom is 0.308 e. The highest BCUT2D eigenvalue weighted by Crippen LogP contribution is 2.27. The summed E-state index contributed by atoms with van der Waals surface area (Å²) in [6, 6.07) is 0. The van der Waals surface area contributed by atoms with Crippen LogP contribution in [0.1, 0.15) is 38.5 Å². The SMILES string of the molecule is COC(=O)C1CCC(OCCN2CCCC2)CC1. The van der Waals surface area contributed by atoms with E-state index in [0.717, 1.165) is 38.8 Å². The third-order valence-corrected chi connectivity index (χ3v) is 4.17. The van der Waals surface area contributed by atoms with Crippen LogP contribution in [0.15, 0.2) is 0 Å². The van der Waals surface area contributed by atoms with Gasteiger partial charge in [-0.05, 0) is 51.6 Å². The molecule has 0 N–H and O–H groups in total. The minimum absolute atomic E-state index is 0.0504. The lowest BCUT2D eigenvalue weighted by Crippen LogP contribution is -2.30. The Morgan fingerprint density at radius 2 is 1.83 bits per heavy atom. The second kappa shape index (κ2) is 7.10. The molecule has 2 rings (SSSR count). The minimum atomic E-state index is -0.0504. The van der Waals surface area contributed by atoms with Gasteiger partial charge in [0.2, 0.25) is 0 Å². The molecular formula is C14H25NO3. The Labute approximate surface area is 110 Å². The van der Waals surface area contributed by atoms with Gasteiger partial charge in [-0.15, -0.1) is 0 Å². The highest BCUT2D eigenvalue weighted by molar-refractivity contribution is 5.72. The standard InChI is InChI=1S/C14H25NO3/c1-17-14(16)12-4-6-13(7-5-12)18-11-10-15-8-2-3-9-15/h12-13H,2-11H2,1H3. The van der Waals surface area contributed by atoms with Crippen molar-refractivity contribution in [2.45, 2.75) is 44.6 Å². The van der Waals surface area contributed by atoms with Crippen LogP contribution >= 0.6 is 0 Å². The molecule has 0 amide bonds. The third kappa shape index (κ3) is 3.95. The molecule has 1 heterocycles. The molecule has 1 aliphatic carbocycles. The fourth-order valence-electron chi connectivity index (χ4n) is 2.99. The third-order valence-electron chi connectivity index (χ3n) is 4.17. The number of hydrogen-bond acceptors (Lipinski definition) is 4. The van der Waals surface area contributed by atoms with Crippen molar-refractivity contribution in [2.75, 3.05) is 33.4 Å². The molecule has 2 aliphatic rings. The van der Waals surface area contributed by atoms with Crippen LogP contribution in [-0.2, 0) is 14.3 Å². The van der Waals surface area contributed by atoms with Gasteiger partial charge in [-0.3, -0.25) is 4.79 Å². The van der Waals surface area contributed by atoms with Crippen LogP contribution in [0.4, 0.5) is 0 Å². The lowest BCUT2D eigenvalue weighted by molar-refractivity contribution is -0.147. The normalized spacial score (nSPS) is 29.4. The second-order valence-electron chi connectivity index (χ2n) is 5.42. The van der Waals surface area contributed by atoms with Gasteiger partial charge in [0, 0.05) is 6.54 Å². The first-order chi connectivity index (χ1) is 8.79. The molecule has 1 saturated carbocycles. The summed E-state index contributed by atoms with van der Waals surface area (Å²) in [6.07, 6.45) is 6.87. The molecule has 0 aromatic carbocycles. The fraction of sp³-hybridized carbons (Fsp3) is 0.929. The predicted octanol–water partition coefficient (Wildman–Crippen LogP) is 1.83. The fourth-order valence-corrected chi connectivity index (χ4v) is 2.99. The molecule has 4 nitrogen and oxygen atoms in total. The van der Waals surface area contributed by atoms with Crippen molar-refractivity contribution in [3.63, 3.8) is 0 Å². The molecule has 1 saturated heterocycles. The molecule has 0 radical (unpaired) electrons. The van der Waals surface area contributed by atoms with Gasteiger partial charge in [-0.1, -0.05) is 0 Å². The van der Waals surface area contributed by atoms with Crippen LogP contribution in [0.3, 0.4) is 0 Å². The van der Waals surface area contributed by atoms with Crippen LogP contribution in [0.5, 0.6) is 0 Å². The summed E-state index contributed by atoms with van der Waals surface area (Å²) < 4.78 is 10.7. The van der Waals surface area contributed by atoms with Gasteiger partial charge in [0.25, 0.3) is 0 Å². The first kappa shape index (κ1) is 13.8. The number of carbonyl (C=O) groups excluding carboxylic acids is 1. The Hall–Kier alpha value is -0.610. The number of likely N-dealkylation sites (tertiary alicyclic amines) is 1. The van der Waals surface area contributed by atoms with Gasteiger partial charge in [-0.25, -0.2) is 0 Å². The molecule has 104 valence electrons. The van der Waals surface area contributed by atoms with E-state index in [2.05, 4.69) is 4.90 Å². The number of methoxy groups -OCH3 is 1. The van der Waals surface area contributed by atoms with Gasteiger partial charge in [0.05, 0.1) is 25.7 Å². The highest BCUT2D eigenvalue weighted by atomic mass is 16.5. The van der Waals surface area contributed by atoms with E-state index in [-0.39, 0.29) is 11.9 Å². The van der Waals surface area contributed by atoms with Crippen molar-refractivity contribution in [2.24, 2.45) is 5.92 Å². The maximum absolute atomic E-state index is 11.4. The summed E-state index contributed by atoms with van der Waals surface area (Å²) in [6.45, 7) is 4.38. The molecule has 0 aromatic heterocycles. The summed E-state index contributed by atoms with van der Waals surface area (Å²) in [5.74, 6) is 0.0546. The average Bonchev–Trinajstić information content (AvgIpc) is 2.92. The van der Waals surface area contributed by atoms with Crippen molar-refractivity contribution < 1.29 is 14.3 Å². The molecule has 18 heavy (non-hydrogen) atoms. The zero-order chi connectivity index (χ0) is 12.8. The first-order valence-corrected chi connectivity index (χ1v) is 7.21. The molecule has 0 unspecified atom stereocenters. The van der Waals surface area contributed by atoms with E-state index in [9.17, 15) is 4.79 Å². The summed E-state index contributed by atoms with van der Waals surface area (Å²) in [7, 11) is 1.47. The topological polar surface area (TPSA) is 38.8 Å². The Balaban J connectivity index is 1.57. The van der Waals surface area contributed by atoms with E-state index in [1.165, 1.54) is 33.0 Å². The van der Waals surface area contributed by atoms with Crippen molar-refractivity contribution in [3.8, 4) is 0 Å². The van der Waals surface area contributed by atoms with Gasteiger partial charge in [0.1, 0.15) is 0 Å². The van der Waals surface area contributed by atoms with Gasteiger partial charge >= 0.3 is 5.97 Å². The average molecular weight is 255 g/mol. The molecule has 1 aliphatic heterocycles. The number of esters is 1. The van der Waals surface area contributed by atoms with Crippen LogP contribution in [0.25, 0.3) is 0 Å². The Morgan fingerprint density at radius 3 is 2.44 bits per heavy atom. The van der Waals surface area contributed by atoms with E-state index < -0.39 is 0 Å². The van der Waals surface area contributed by atoms with Crippen LogP contribution in [0, 0.1) is 5.92 Å². The largest absolute Gasteiger partial charge is 0.469 e. The monoisotopic (exact) mass is 255 g/mol. The van der Waals surface area contributed by atoms with Crippen molar-refractivity contribution >= 4 is 5.97 Å². The molecule has 4 heteroatoms. The van der Waals surface area contributed by atoms with E-state index in [4.69, 9.17) is 9.47 Å². The number of hydrogen-bond donors (Lipinski definition) is 0. The van der Waals surface area contributed by atoms with Crippen molar-refractivity contribution in [3.05, 3.63) is 0 Å². The van der Waals surface area contributed by atoms with Gasteiger partial charge in [0.15, 0.2) is 0 Å². The molecule has 0 bridgehead atoms. The summed E-state index contributed by atoms with van der Waals surface area (Å²) >= 11 is 0. The second-order valence-corrected chi connectivity index (χ2v) is 5.42. The van der Waals surface area contributed by atoms with E-state index in [1.54, 1.807) is 0 Å². The Morgan fingerprint density at radius 1 is 1.17 bits per heavy atom. The van der Waals surface area contributed by atoms with Crippen LogP contribution in [-0.4, -0.2) is 50.3 Å². The number of carbonyl (C=O) groups is 1. The van der Waals surface area contributed by atoms with E-state index >= 15 is 0 Å². The van der Waals surface area contributed by atoms with Gasteiger partial charge in [-0.2, -0.15) is 0 Å². The summed E-state index contributed by atoms with van der Waals surface area (Å²) in [5, 5.41) is 0. The molecule has 0 atom stereocenters. The summed E-state index contributed by atoms with van der Waals surface area (Å²) in [5.41, 5.74) is 0. The lowest BCUT2D eigenvalue weighted by Gasteiger charge is -2.27. The number of ether oxygens (including phenoxy) is 2. The van der Waals surface area contributed by atoms with E-state index in [1.807, 2.05) is 0 Å². The Kier molecular flexibility index (Phi) is 5.45. The molecule has 0 aromatic rings. The highest BCUT2D eigenvalue weighted by Gasteiger charge is 2.27. The maximum atomic E-state index is 11.4. The number of rotatable bonds is 5. The predicted molar refractivity (Wildman–Crippen MR) is 69.4 cm³/mol. The van der Waals surface area contributed by atoms with Crippen LogP contribution < -0.4 is 0 Å².